The largest absolute Gasteiger partial charge is 0.319 e. The number of nitrogens with zero attached hydrogens (tertiary/aromatic N) is 2. The van der Waals surface area contributed by atoms with Crippen molar-refractivity contribution in [2.75, 3.05) is 5.75 Å². The molecule has 0 amide bonds. The fourth-order valence-corrected chi connectivity index (χ4v) is 3.74. The lowest BCUT2D eigenvalue weighted by atomic mass is 10.1. The monoisotopic (exact) mass is 352 g/mol. The van der Waals surface area contributed by atoms with Gasteiger partial charge < -0.3 is 4.57 Å². The SMILES string of the molecule is CCC#CCCSC(c1ccc(Cl)cc1)C(Cl)n1ccnc1. The van der Waals surface area contributed by atoms with Crippen LogP contribution in [0.3, 0.4) is 0 Å². The van der Waals surface area contributed by atoms with Crippen molar-refractivity contribution in [1.82, 2.24) is 9.55 Å². The van der Waals surface area contributed by atoms with Crippen LogP contribution in [0.25, 0.3) is 0 Å². The van der Waals surface area contributed by atoms with E-state index in [2.05, 4.69) is 23.7 Å². The third-order valence-corrected chi connectivity index (χ3v) is 5.29. The second kappa shape index (κ2) is 9.15. The summed E-state index contributed by atoms with van der Waals surface area (Å²) in [4.78, 5) is 4.08. The van der Waals surface area contributed by atoms with Crippen LogP contribution < -0.4 is 0 Å². The molecule has 1 aromatic carbocycles. The molecular formula is C17H18Cl2N2S. The highest BCUT2D eigenvalue weighted by Crippen LogP contribution is 2.41. The Balaban J connectivity index is 2.11. The molecule has 0 N–H and O–H groups in total. The van der Waals surface area contributed by atoms with Crippen molar-refractivity contribution in [3.05, 3.63) is 53.6 Å². The molecule has 0 aliphatic carbocycles. The molecule has 116 valence electrons. The van der Waals surface area contributed by atoms with Crippen LogP contribution in [0.2, 0.25) is 5.02 Å². The Kier molecular flexibility index (Phi) is 7.18. The summed E-state index contributed by atoms with van der Waals surface area (Å²) in [5, 5.41) is 0.853. The van der Waals surface area contributed by atoms with Crippen LogP contribution >= 0.6 is 35.0 Å². The maximum atomic E-state index is 6.66. The van der Waals surface area contributed by atoms with Gasteiger partial charge in [-0.3, -0.25) is 0 Å². The van der Waals surface area contributed by atoms with Crippen molar-refractivity contribution in [2.24, 2.45) is 0 Å². The molecule has 0 radical (unpaired) electrons. The smallest absolute Gasteiger partial charge is 0.125 e. The van der Waals surface area contributed by atoms with Gasteiger partial charge >= 0.3 is 0 Å². The van der Waals surface area contributed by atoms with Gasteiger partial charge in [0.05, 0.1) is 11.6 Å². The Bertz CT molecular complexity index is 614. The molecule has 2 rings (SSSR count). The van der Waals surface area contributed by atoms with Crippen LogP contribution in [0.5, 0.6) is 0 Å². The van der Waals surface area contributed by atoms with E-state index in [1.165, 1.54) is 0 Å². The molecular weight excluding hydrogens is 335 g/mol. The lowest BCUT2D eigenvalue weighted by Crippen LogP contribution is -2.10. The number of hydrogen-bond acceptors (Lipinski definition) is 2. The molecule has 5 heteroatoms. The number of halogens is 2. The summed E-state index contributed by atoms with van der Waals surface area (Å²) in [5.74, 6) is 7.21. The van der Waals surface area contributed by atoms with Gasteiger partial charge in [-0.1, -0.05) is 42.3 Å². The van der Waals surface area contributed by atoms with Gasteiger partial charge in [-0.2, -0.15) is 0 Å². The van der Waals surface area contributed by atoms with E-state index in [0.29, 0.717) is 0 Å². The summed E-state index contributed by atoms with van der Waals surface area (Å²) >= 11 is 14.5. The number of hydrogen-bond donors (Lipinski definition) is 0. The van der Waals surface area contributed by atoms with E-state index in [0.717, 1.165) is 29.2 Å². The predicted octanol–water partition coefficient (Wildman–Crippen LogP) is 5.55. The molecule has 22 heavy (non-hydrogen) atoms. The van der Waals surface area contributed by atoms with Crippen molar-refractivity contribution >= 4 is 35.0 Å². The minimum atomic E-state index is -0.201. The van der Waals surface area contributed by atoms with Gasteiger partial charge in [0.1, 0.15) is 5.50 Å². The van der Waals surface area contributed by atoms with E-state index in [9.17, 15) is 0 Å². The second-order valence-corrected chi connectivity index (χ2v) is 6.82. The molecule has 2 unspecified atom stereocenters. The average molecular weight is 353 g/mol. The van der Waals surface area contributed by atoms with Crippen molar-refractivity contribution in [3.8, 4) is 11.8 Å². The van der Waals surface area contributed by atoms with Gasteiger partial charge in [-0.05, 0) is 17.7 Å². The number of aromatic nitrogens is 2. The second-order valence-electron chi connectivity index (χ2n) is 4.68. The zero-order valence-corrected chi connectivity index (χ0v) is 14.7. The molecule has 0 saturated carbocycles. The Morgan fingerprint density at radius 2 is 2.05 bits per heavy atom. The average Bonchev–Trinajstić information content (AvgIpc) is 3.06. The van der Waals surface area contributed by atoms with Crippen molar-refractivity contribution in [3.63, 3.8) is 0 Å². The third-order valence-electron chi connectivity index (χ3n) is 3.08. The highest BCUT2D eigenvalue weighted by Gasteiger charge is 2.22. The van der Waals surface area contributed by atoms with Crippen LogP contribution in [0.4, 0.5) is 0 Å². The molecule has 1 aromatic heterocycles. The lowest BCUT2D eigenvalue weighted by molar-refractivity contribution is 0.651. The third kappa shape index (κ3) is 4.98. The van der Waals surface area contributed by atoms with Gasteiger partial charge in [0.2, 0.25) is 0 Å². The number of thioether (sulfide) groups is 1. The van der Waals surface area contributed by atoms with Gasteiger partial charge in [0.15, 0.2) is 0 Å². The Labute approximate surface area is 146 Å². The first-order chi connectivity index (χ1) is 10.7. The predicted molar refractivity (Wildman–Crippen MR) is 96.5 cm³/mol. The van der Waals surface area contributed by atoms with E-state index in [4.69, 9.17) is 23.2 Å². The van der Waals surface area contributed by atoms with Gasteiger partial charge in [0, 0.05) is 36.0 Å². The summed E-state index contributed by atoms with van der Waals surface area (Å²) < 4.78 is 1.92. The summed E-state index contributed by atoms with van der Waals surface area (Å²) in [5.41, 5.74) is 0.958. The standard InChI is InChI=1S/C17H18Cl2N2S/c1-2-3-4-5-12-22-16(14-6-8-15(18)9-7-14)17(19)21-11-10-20-13-21/h6-11,13,16-17H,2,5,12H2,1H3. The van der Waals surface area contributed by atoms with Gasteiger partial charge in [-0.25, -0.2) is 4.98 Å². The minimum Gasteiger partial charge on any atom is -0.319 e. The molecule has 0 fully saturated rings. The number of alkyl halides is 1. The summed E-state index contributed by atoms with van der Waals surface area (Å²) in [6.07, 6.45) is 7.15. The number of imidazole rings is 1. The van der Waals surface area contributed by atoms with E-state index < -0.39 is 0 Å². The topological polar surface area (TPSA) is 17.8 Å². The molecule has 2 aromatic rings. The molecule has 2 atom stereocenters. The van der Waals surface area contributed by atoms with Crippen LogP contribution in [-0.2, 0) is 0 Å². The summed E-state index contributed by atoms with van der Waals surface area (Å²) in [6, 6.07) is 7.87. The molecule has 0 aliphatic heterocycles. The highest BCUT2D eigenvalue weighted by atomic mass is 35.5. The van der Waals surface area contributed by atoms with Crippen LogP contribution in [0, 0.1) is 11.8 Å². The number of rotatable bonds is 6. The zero-order valence-electron chi connectivity index (χ0n) is 12.4. The van der Waals surface area contributed by atoms with E-state index in [1.807, 2.05) is 46.8 Å². The molecule has 0 bridgehead atoms. The molecule has 2 nitrogen and oxygen atoms in total. The molecule has 1 heterocycles. The van der Waals surface area contributed by atoms with Crippen molar-refractivity contribution in [1.29, 1.82) is 0 Å². The highest BCUT2D eigenvalue weighted by molar-refractivity contribution is 7.99. The van der Waals surface area contributed by atoms with E-state index in [-0.39, 0.29) is 10.8 Å². The van der Waals surface area contributed by atoms with Crippen molar-refractivity contribution < 1.29 is 0 Å². The maximum absolute atomic E-state index is 6.66. The minimum absolute atomic E-state index is 0.122. The van der Waals surface area contributed by atoms with E-state index in [1.54, 1.807) is 12.5 Å². The fraction of sp³-hybridized carbons (Fsp3) is 0.353. The molecule has 0 saturated heterocycles. The first-order valence-corrected chi connectivity index (χ1v) is 9.03. The van der Waals surface area contributed by atoms with Crippen LogP contribution in [-0.4, -0.2) is 15.3 Å². The zero-order chi connectivity index (χ0) is 15.8. The van der Waals surface area contributed by atoms with Crippen LogP contribution in [0.15, 0.2) is 43.0 Å². The first kappa shape index (κ1) is 17.3. The van der Waals surface area contributed by atoms with Crippen molar-refractivity contribution in [2.45, 2.75) is 30.5 Å². The molecule has 0 aliphatic rings. The Morgan fingerprint density at radius 1 is 1.27 bits per heavy atom. The summed E-state index contributed by atoms with van der Waals surface area (Å²) in [7, 11) is 0. The quantitative estimate of drug-likeness (QED) is 0.385. The summed E-state index contributed by atoms with van der Waals surface area (Å²) in [6.45, 7) is 2.06. The fourth-order valence-electron chi connectivity index (χ4n) is 2.01. The first-order valence-electron chi connectivity index (χ1n) is 7.16. The van der Waals surface area contributed by atoms with Gasteiger partial charge in [-0.15, -0.1) is 23.6 Å². The Morgan fingerprint density at radius 3 is 2.68 bits per heavy atom. The van der Waals surface area contributed by atoms with E-state index >= 15 is 0 Å². The normalized spacial score (nSPS) is 13.2. The van der Waals surface area contributed by atoms with Crippen LogP contribution in [0.1, 0.15) is 36.1 Å². The van der Waals surface area contributed by atoms with Gasteiger partial charge in [0.25, 0.3) is 0 Å². The number of benzene rings is 1. The Hall–Kier alpha value is -1.08. The maximum Gasteiger partial charge on any atom is 0.125 e. The lowest BCUT2D eigenvalue weighted by Gasteiger charge is -2.23. The molecule has 0 spiro atoms.